The number of methoxy groups -OCH3 is 1. The number of alkyl halides is 1. The first-order valence-electron chi connectivity index (χ1n) is 39.4. The molecular weight excluding hydrogens is 1630 g/mol. The van der Waals surface area contributed by atoms with Crippen LogP contribution < -0.4 is 38.5 Å². The van der Waals surface area contributed by atoms with E-state index in [4.69, 9.17) is 65.5 Å². The highest BCUT2D eigenvalue weighted by Gasteiger charge is 2.38. The fourth-order valence-electron chi connectivity index (χ4n) is 10.5. The smallest absolute Gasteiger partial charge is 0.407 e. The zero-order valence-corrected chi connectivity index (χ0v) is 72.0. The van der Waals surface area contributed by atoms with Gasteiger partial charge in [-0.25, -0.2) is 19.2 Å². The van der Waals surface area contributed by atoms with Crippen LogP contribution >= 0.6 is 15.9 Å². The number of aliphatic hydroxyl groups excluding tert-OH is 2. The van der Waals surface area contributed by atoms with E-state index < -0.39 is 41.3 Å². The van der Waals surface area contributed by atoms with Crippen LogP contribution in [0.2, 0.25) is 0 Å². The lowest BCUT2D eigenvalue weighted by Gasteiger charge is -2.31. The molecule has 1 fully saturated rings. The summed E-state index contributed by atoms with van der Waals surface area (Å²) in [6, 6.07) is 68.5. The minimum Gasteiger partial charge on any atom is -0.480 e. The molecule has 0 aliphatic carbocycles. The van der Waals surface area contributed by atoms with Gasteiger partial charge in [0.25, 0.3) is 0 Å². The molecule has 1 heterocycles. The fraction of sp³-hybridized carbons (Fsp3) is 0.447. The number of nitrogens with two attached hydrogens (primary N) is 3. The number of cyclic esters (lactones) is 1. The Morgan fingerprint density at radius 1 is 0.525 bits per heavy atom. The Morgan fingerprint density at radius 2 is 0.893 bits per heavy atom. The lowest BCUT2D eigenvalue weighted by molar-refractivity contribution is -0.193. The average Bonchev–Trinajstić information content (AvgIpc) is 1.14. The zero-order valence-electron chi connectivity index (χ0n) is 70.4. The van der Waals surface area contributed by atoms with Crippen molar-refractivity contribution in [2.75, 3.05) is 45.5 Å². The highest BCUT2D eigenvalue weighted by molar-refractivity contribution is 9.09. The monoisotopic (exact) mass is 1760 g/mol. The molecule has 1 aliphatic heterocycles. The number of ether oxygens (including phenoxy) is 5. The number of aliphatic hydroxyl groups is 2. The minimum absolute atomic E-state index is 0. The van der Waals surface area contributed by atoms with Crippen LogP contribution in [0, 0.1) is 0 Å². The molecule has 27 nitrogen and oxygen atoms in total. The van der Waals surface area contributed by atoms with Crippen molar-refractivity contribution in [2.45, 2.75) is 228 Å². The van der Waals surface area contributed by atoms with Gasteiger partial charge in [0, 0.05) is 25.2 Å². The largest absolute Gasteiger partial charge is 0.480 e. The number of carbonyl (C=O) groups is 8. The van der Waals surface area contributed by atoms with Crippen molar-refractivity contribution >= 4 is 76.1 Å². The molecule has 1 saturated heterocycles. The summed E-state index contributed by atoms with van der Waals surface area (Å²) in [4.78, 5) is 122. The SMILES string of the molecule is BrCCc1ccccc1.C.C.C.CC(C)(C)OC(=O)NC(CO)CCc1ccccc1.CCOC(=O)C(CC)(CCc1ccccc1)NC(C)=O.CCOC(=O)C(CC)NC(C)=O.COC(=O)C(N)CCc1ccccc1.NC(CCc1ccccc1)C(=O)O.NC(CO)CCc1ccccc1.O=C1NC(CCc2ccccc2)CO1.O=C=O.O=C=O. The number of alkyl carbamates (subject to hydrolysis) is 2. The molecule has 8 rings (SSSR count). The normalized spacial score (nSPS) is 12.5. The minimum atomic E-state index is -0.934. The Bertz CT molecular complexity index is 3860. The molecule has 7 aromatic rings. The van der Waals surface area contributed by atoms with Gasteiger partial charge < -0.3 is 77.5 Å². The van der Waals surface area contributed by atoms with Crippen LogP contribution in [0.5, 0.6) is 0 Å². The Kier molecular flexibility index (Phi) is 74.5. The van der Waals surface area contributed by atoms with E-state index in [1.807, 2.05) is 198 Å². The van der Waals surface area contributed by atoms with Crippen molar-refractivity contribution in [3.05, 3.63) is 251 Å². The number of nitrogens with one attached hydrogen (secondary N) is 4. The number of benzene rings is 7. The molecule has 13 N–H and O–H groups in total. The average molecular weight is 1770 g/mol. The van der Waals surface area contributed by atoms with Crippen LogP contribution in [0.3, 0.4) is 0 Å². The van der Waals surface area contributed by atoms with Gasteiger partial charge in [-0.15, -0.1) is 0 Å². The third-order valence-electron chi connectivity index (χ3n) is 16.8. The first kappa shape index (κ1) is 119. The summed E-state index contributed by atoms with van der Waals surface area (Å²) in [5.74, 6) is -2.43. The predicted octanol–water partition coefficient (Wildman–Crippen LogP) is 13.6. The van der Waals surface area contributed by atoms with E-state index in [0.717, 1.165) is 61.4 Å². The summed E-state index contributed by atoms with van der Waals surface area (Å²) in [7, 11) is 1.35. The summed E-state index contributed by atoms with van der Waals surface area (Å²) in [5, 5.41) is 38.3. The Balaban J connectivity index is -0.000000425. The van der Waals surface area contributed by atoms with Gasteiger partial charge in [-0.05, 0) is 170 Å². The number of aryl methyl sites for hydroxylation is 7. The van der Waals surface area contributed by atoms with E-state index in [-0.39, 0.29) is 102 Å². The summed E-state index contributed by atoms with van der Waals surface area (Å²) in [6.45, 7) is 16.6. The van der Waals surface area contributed by atoms with Gasteiger partial charge in [0.1, 0.15) is 35.9 Å². The molecule has 7 aromatic carbocycles. The van der Waals surface area contributed by atoms with Gasteiger partial charge >= 0.3 is 48.4 Å². The number of carboxylic acid groups (broad SMARTS) is 1. The van der Waals surface area contributed by atoms with E-state index in [0.29, 0.717) is 71.2 Å². The number of aliphatic carboxylic acids is 1. The molecular formula is C94H138BrN7O20. The molecule has 28 heteroatoms. The van der Waals surface area contributed by atoms with E-state index >= 15 is 0 Å². The number of rotatable bonds is 33. The van der Waals surface area contributed by atoms with E-state index in [1.165, 1.54) is 48.8 Å². The molecule has 7 atom stereocenters. The number of hydrogen-bond acceptors (Lipinski definition) is 22. The van der Waals surface area contributed by atoms with Crippen LogP contribution in [-0.2, 0) is 117 Å². The quantitative estimate of drug-likeness (QED) is 0.0104. The van der Waals surface area contributed by atoms with Crippen LogP contribution in [0.4, 0.5) is 9.59 Å². The van der Waals surface area contributed by atoms with E-state index in [1.54, 1.807) is 13.8 Å². The number of carbonyl (C=O) groups excluding carboxylic acids is 11. The zero-order chi connectivity index (χ0) is 89.5. The molecule has 0 aromatic heterocycles. The molecule has 7 unspecified atom stereocenters. The van der Waals surface area contributed by atoms with E-state index in [2.05, 4.69) is 90.5 Å². The highest BCUT2D eigenvalue weighted by Crippen LogP contribution is 2.22. The second kappa shape index (κ2) is 76.1. The summed E-state index contributed by atoms with van der Waals surface area (Å²) in [5.41, 5.74) is 23.7. The van der Waals surface area contributed by atoms with Crippen molar-refractivity contribution in [2.24, 2.45) is 17.2 Å². The highest BCUT2D eigenvalue weighted by atomic mass is 79.9. The molecule has 0 bridgehead atoms. The molecule has 0 saturated carbocycles. The molecule has 122 heavy (non-hydrogen) atoms. The second-order valence-corrected chi connectivity index (χ2v) is 28.2. The summed E-state index contributed by atoms with van der Waals surface area (Å²) < 4.78 is 24.4. The first-order chi connectivity index (χ1) is 56.9. The number of hydrogen-bond donors (Lipinski definition) is 10. The number of halogens is 1. The van der Waals surface area contributed by atoms with Gasteiger partial charge in [0.2, 0.25) is 11.8 Å². The third kappa shape index (κ3) is 63.9. The number of esters is 3. The van der Waals surface area contributed by atoms with Crippen LogP contribution in [0.1, 0.15) is 175 Å². The number of carboxylic acids is 1. The fourth-order valence-corrected chi connectivity index (χ4v) is 10.9. The molecule has 676 valence electrons. The van der Waals surface area contributed by atoms with Gasteiger partial charge in [0.05, 0.1) is 45.6 Å². The maximum Gasteiger partial charge on any atom is 0.407 e. The van der Waals surface area contributed by atoms with Crippen molar-refractivity contribution in [1.82, 2.24) is 21.3 Å². The molecule has 1 aliphatic rings. The topological polar surface area (TPSA) is 438 Å². The van der Waals surface area contributed by atoms with E-state index in [9.17, 15) is 43.5 Å². The second-order valence-electron chi connectivity index (χ2n) is 27.4. The molecule has 0 spiro atoms. The molecule has 0 radical (unpaired) electrons. The van der Waals surface area contributed by atoms with Crippen LogP contribution in [0.25, 0.3) is 0 Å². The van der Waals surface area contributed by atoms with Crippen LogP contribution in [-0.4, -0.2) is 168 Å². The Labute approximate surface area is 732 Å². The maximum atomic E-state index is 12.2. The van der Waals surface area contributed by atoms with Gasteiger partial charge in [0.15, 0.2) is 0 Å². The predicted molar refractivity (Wildman–Crippen MR) is 480 cm³/mol. The Morgan fingerprint density at radius 3 is 1.20 bits per heavy atom. The third-order valence-corrected chi connectivity index (χ3v) is 17.2. The van der Waals surface area contributed by atoms with Crippen LogP contribution in [0.15, 0.2) is 212 Å². The van der Waals surface area contributed by atoms with Gasteiger partial charge in [-0.2, -0.15) is 19.2 Å². The first-order valence-corrected chi connectivity index (χ1v) is 40.5. The summed E-state index contributed by atoms with van der Waals surface area (Å²) >= 11 is 3.39. The maximum absolute atomic E-state index is 12.2. The van der Waals surface area contributed by atoms with Crippen molar-refractivity contribution in [1.29, 1.82) is 0 Å². The van der Waals surface area contributed by atoms with Crippen molar-refractivity contribution in [3.8, 4) is 0 Å². The van der Waals surface area contributed by atoms with Gasteiger partial charge in [-0.3, -0.25) is 19.2 Å². The molecule has 4 amide bonds. The lowest BCUT2D eigenvalue weighted by atomic mass is 9.88. The Hall–Kier alpha value is -11.1. The lowest BCUT2D eigenvalue weighted by Crippen LogP contribution is -2.54. The van der Waals surface area contributed by atoms with Crippen molar-refractivity contribution in [3.63, 3.8) is 0 Å². The van der Waals surface area contributed by atoms with Gasteiger partial charge in [-0.1, -0.05) is 264 Å². The summed E-state index contributed by atoms with van der Waals surface area (Å²) in [6.07, 6.45) is 11.0. The number of amides is 4. The van der Waals surface area contributed by atoms with Crippen molar-refractivity contribution < 1.29 is 96.5 Å². The standard InChI is InChI=1S/C16H23NO3.C15H23NO3.C11H13NO2.C11H15NO2.C10H13NO2.C10H15NO.C8H9Br.C8H15NO3.2CO2.3CH4/c1-4-16(17-13(3)18,15(19)20-5-2)12-11-14-9-7-6-8-10-14;1-15(2,3)19-14(18)16-13(11-17)10-9-12-7-5-4-6-8-12;13-11-12-10(8-14-11)7-6-9-4-2-1-3-5-9;1-14-11(13)10(12)8-7-9-5-3-2-4-6-9;11-9(10(12)13)7-6-8-4-2-1-3-5-8;11-10(8-12)7-6-9-4-2-1-3-5-9;9-7-6-8-4-2-1-3-5-8;1-4-7(9-6(3)10)8(11)12-5-2;2*2-1-3;;;/h6-10H,4-5,11-12H2,1-3H3,(H,17,18);4-8,13,17H,9-11H2,1-3H3,(H,16,18);1-5,10H,6-8H2,(H,12,13);2-6,10H,7-8,12H2,1H3;1-5,9H,6-7,11H2,(H,12,13);1-5,10,12H,6-8,11H2;1-5H,6-7H2;7H,4-5H2,1-3H3,(H,9,10);;;3*1H4.